The summed E-state index contributed by atoms with van der Waals surface area (Å²) in [5, 5.41) is 3.17. The third-order valence-corrected chi connectivity index (χ3v) is 9.87. The van der Waals surface area contributed by atoms with Crippen LogP contribution in [-0.4, -0.2) is 51.4 Å². The minimum atomic E-state index is -4.24. The maximum absolute atomic E-state index is 14.5. The van der Waals surface area contributed by atoms with E-state index in [1.807, 2.05) is 68.4 Å². The van der Waals surface area contributed by atoms with Crippen LogP contribution in [0.5, 0.6) is 5.75 Å². The Labute approximate surface area is 284 Å². The van der Waals surface area contributed by atoms with Crippen molar-refractivity contribution in [1.82, 2.24) is 10.2 Å². The number of sulfonamides is 1. The van der Waals surface area contributed by atoms with Crippen molar-refractivity contribution < 1.29 is 22.7 Å². The van der Waals surface area contributed by atoms with Crippen molar-refractivity contribution in [1.29, 1.82) is 0 Å². The Balaban J connectivity index is 1.81. The van der Waals surface area contributed by atoms with Crippen LogP contribution in [0, 0.1) is 5.92 Å². The zero-order valence-corrected chi connectivity index (χ0v) is 29.1. The maximum atomic E-state index is 14.5. The second kappa shape index (κ2) is 16.1. The van der Waals surface area contributed by atoms with Crippen LogP contribution in [0.4, 0.5) is 5.69 Å². The zero-order valence-electron chi connectivity index (χ0n) is 25.9. The Hall–Kier alpha value is -3.86. The summed E-state index contributed by atoms with van der Waals surface area (Å²) in [6, 6.07) is 28.3. The number of carbonyl (C=O) groups excluding carboxylic acids is 2. The third kappa shape index (κ3) is 9.11. The van der Waals surface area contributed by atoms with Crippen molar-refractivity contribution in [2.75, 3.05) is 24.5 Å². The van der Waals surface area contributed by atoms with Gasteiger partial charge in [0, 0.05) is 24.0 Å². The SMILES string of the molecule is COc1ccc(N(CC(=O)N(Cc2ccc(Br)cc2)[C@H](Cc2ccccc2)C(=O)NCC(C)C)S(=O)(=O)c2ccccc2)cc1Cl. The number of rotatable bonds is 14. The maximum Gasteiger partial charge on any atom is 0.264 e. The molecule has 0 heterocycles. The summed E-state index contributed by atoms with van der Waals surface area (Å²) in [5.74, 6) is -0.346. The first-order valence-electron chi connectivity index (χ1n) is 14.8. The molecule has 4 aromatic carbocycles. The number of methoxy groups -OCH3 is 1. The fourth-order valence-corrected chi connectivity index (χ4v) is 6.77. The van der Waals surface area contributed by atoms with Crippen molar-refractivity contribution in [2.45, 2.75) is 37.8 Å². The highest BCUT2D eigenvalue weighted by Crippen LogP contribution is 2.32. The van der Waals surface area contributed by atoms with Crippen LogP contribution in [-0.2, 0) is 32.6 Å². The lowest BCUT2D eigenvalue weighted by Crippen LogP contribution is -2.53. The van der Waals surface area contributed by atoms with E-state index in [9.17, 15) is 18.0 Å². The van der Waals surface area contributed by atoms with Gasteiger partial charge in [-0.05, 0) is 59.5 Å². The molecule has 0 saturated heterocycles. The van der Waals surface area contributed by atoms with Crippen LogP contribution in [0.3, 0.4) is 0 Å². The molecule has 8 nitrogen and oxygen atoms in total. The van der Waals surface area contributed by atoms with Gasteiger partial charge < -0.3 is 15.0 Å². The largest absolute Gasteiger partial charge is 0.495 e. The first-order chi connectivity index (χ1) is 22.0. The summed E-state index contributed by atoms with van der Waals surface area (Å²) >= 11 is 9.88. The molecule has 0 aliphatic rings. The summed E-state index contributed by atoms with van der Waals surface area (Å²) in [4.78, 5) is 29.9. The normalized spacial score (nSPS) is 12.0. The average molecular weight is 727 g/mol. The number of hydrogen-bond acceptors (Lipinski definition) is 5. The first-order valence-corrected chi connectivity index (χ1v) is 17.4. The number of anilines is 1. The Morgan fingerprint density at radius 3 is 2.11 bits per heavy atom. The second-order valence-electron chi connectivity index (χ2n) is 11.1. The molecule has 0 aliphatic carbocycles. The fraction of sp³-hybridized carbons (Fsp3) is 0.257. The van der Waals surface area contributed by atoms with Gasteiger partial charge in [0.2, 0.25) is 11.8 Å². The van der Waals surface area contributed by atoms with Crippen molar-refractivity contribution in [2.24, 2.45) is 5.92 Å². The Kier molecular flexibility index (Phi) is 12.3. The average Bonchev–Trinajstić information content (AvgIpc) is 3.05. The van der Waals surface area contributed by atoms with Crippen LogP contribution in [0.2, 0.25) is 5.02 Å². The smallest absolute Gasteiger partial charge is 0.264 e. The molecule has 46 heavy (non-hydrogen) atoms. The van der Waals surface area contributed by atoms with Crippen molar-refractivity contribution in [3.8, 4) is 5.75 Å². The van der Waals surface area contributed by atoms with Crippen molar-refractivity contribution >= 4 is 55.1 Å². The van der Waals surface area contributed by atoms with E-state index < -0.39 is 28.5 Å². The zero-order chi connectivity index (χ0) is 33.3. The lowest BCUT2D eigenvalue weighted by molar-refractivity contribution is -0.140. The number of carbonyl (C=O) groups is 2. The highest BCUT2D eigenvalue weighted by molar-refractivity contribution is 9.10. The first kappa shape index (κ1) is 35.0. The molecular weight excluding hydrogens is 690 g/mol. The number of benzene rings is 4. The quantitative estimate of drug-likeness (QED) is 0.156. The number of ether oxygens (including phenoxy) is 1. The molecule has 0 aliphatic heterocycles. The molecule has 0 fully saturated rings. The molecule has 0 unspecified atom stereocenters. The van der Waals surface area contributed by atoms with Crippen LogP contribution >= 0.6 is 27.5 Å². The highest BCUT2D eigenvalue weighted by atomic mass is 79.9. The summed E-state index contributed by atoms with van der Waals surface area (Å²) in [6.07, 6.45) is 0.229. The molecule has 4 rings (SSSR count). The topological polar surface area (TPSA) is 96.0 Å². The molecule has 1 N–H and O–H groups in total. The standard InChI is InChI=1S/C35H37BrClN3O5S/c1-25(2)22-38-35(42)32(20-26-10-6-4-7-11-26)39(23-27-14-16-28(36)17-15-27)34(41)24-40(29-18-19-33(45-3)31(37)21-29)46(43,44)30-12-8-5-9-13-30/h4-19,21,25,32H,20,22-24H2,1-3H3,(H,38,42)/t32-/m1/s1. The molecule has 11 heteroatoms. The summed E-state index contributed by atoms with van der Waals surface area (Å²) in [5.41, 5.74) is 1.81. The van der Waals surface area contributed by atoms with Crippen molar-refractivity contribution in [3.63, 3.8) is 0 Å². The molecule has 4 aromatic rings. The molecule has 0 bridgehead atoms. The number of hydrogen-bond donors (Lipinski definition) is 1. The highest BCUT2D eigenvalue weighted by Gasteiger charge is 2.35. The van der Waals surface area contributed by atoms with E-state index in [4.69, 9.17) is 16.3 Å². The molecule has 0 aromatic heterocycles. The third-order valence-electron chi connectivity index (χ3n) is 7.26. The van der Waals surface area contributed by atoms with Crippen LogP contribution < -0.4 is 14.4 Å². The number of amides is 2. The van der Waals surface area contributed by atoms with Crippen LogP contribution in [0.15, 0.2) is 112 Å². The van der Waals surface area contributed by atoms with Gasteiger partial charge in [-0.25, -0.2) is 8.42 Å². The number of halogens is 2. The number of nitrogens with one attached hydrogen (secondary N) is 1. The molecule has 242 valence electrons. The van der Waals surface area contributed by atoms with Gasteiger partial charge >= 0.3 is 0 Å². The van der Waals surface area contributed by atoms with Gasteiger partial charge in [-0.3, -0.25) is 13.9 Å². The van der Waals surface area contributed by atoms with Gasteiger partial charge in [-0.15, -0.1) is 0 Å². The van der Waals surface area contributed by atoms with E-state index in [1.54, 1.807) is 24.3 Å². The second-order valence-corrected chi connectivity index (χ2v) is 14.3. The van der Waals surface area contributed by atoms with E-state index in [0.717, 1.165) is 19.9 Å². The minimum Gasteiger partial charge on any atom is -0.495 e. The summed E-state index contributed by atoms with van der Waals surface area (Å²) < 4.78 is 35.4. The van der Waals surface area contributed by atoms with E-state index in [2.05, 4.69) is 21.2 Å². The van der Waals surface area contributed by atoms with Gasteiger partial charge in [0.15, 0.2) is 0 Å². The molecule has 1 atom stereocenters. The number of nitrogens with zero attached hydrogens (tertiary/aromatic N) is 2. The summed E-state index contributed by atoms with van der Waals surface area (Å²) in [6.45, 7) is 3.89. The van der Waals surface area contributed by atoms with E-state index in [0.29, 0.717) is 12.3 Å². The lowest BCUT2D eigenvalue weighted by Gasteiger charge is -2.34. The van der Waals surface area contributed by atoms with E-state index >= 15 is 0 Å². The van der Waals surface area contributed by atoms with Crippen molar-refractivity contribution in [3.05, 3.63) is 124 Å². The molecule has 0 saturated carbocycles. The van der Waals surface area contributed by atoms with Gasteiger partial charge in [-0.1, -0.05) is 102 Å². The van der Waals surface area contributed by atoms with Gasteiger partial charge in [0.25, 0.3) is 10.0 Å². The molecule has 0 radical (unpaired) electrons. The fourth-order valence-electron chi connectivity index (χ4n) is 4.82. The van der Waals surface area contributed by atoms with Crippen LogP contribution in [0.1, 0.15) is 25.0 Å². The Morgan fingerprint density at radius 1 is 0.891 bits per heavy atom. The predicted molar refractivity (Wildman–Crippen MR) is 185 cm³/mol. The lowest BCUT2D eigenvalue weighted by atomic mass is 10.0. The van der Waals surface area contributed by atoms with Gasteiger partial charge in [0.1, 0.15) is 18.3 Å². The van der Waals surface area contributed by atoms with E-state index in [1.165, 1.54) is 36.3 Å². The van der Waals surface area contributed by atoms with Gasteiger partial charge in [0.05, 0.1) is 22.7 Å². The van der Waals surface area contributed by atoms with E-state index in [-0.39, 0.29) is 40.4 Å². The Morgan fingerprint density at radius 2 is 1.52 bits per heavy atom. The monoisotopic (exact) mass is 725 g/mol. The molecule has 0 spiro atoms. The molecular formula is C35H37BrClN3O5S. The molecule has 2 amide bonds. The predicted octanol–water partition coefficient (Wildman–Crippen LogP) is 6.72. The minimum absolute atomic E-state index is 0.00436. The van der Waals surface area contributed by atoms with Crippen LogP contribution in [0.25, 0.3) is 0 Å². The summed E-state index contributed by atoms with van der Waals surface area (Å²) in [7, 11) is -2.79. The Bertz CT molecular complexity index is 1720. The van der Waals surface area contributed by atoms with Gasteiger partial charge in [-0.2, -0.15) is 0 Å².